The highest BCUT2D eigenvalue weighted by Crippen LogP contribution is 2.25. The van der Waals surface area contributed by atoms with Gasteiger partial charge >= 0.3 is 0 Å². The summed E-state index contributed by atoms with van der Waals surface area (Å²) in [5.41, 5.74) is 0.865. The molecule has 2 aromatic rings. The summed E-state index contributed by atoms with van der Waals surface area (Å²) >= 11 is 5.72. The summed E-state index contributed by atoms with van der Waals surface area (Å²) in [4.78, 5) is 25.9. The number of hydrogen-bond acceptors (Lipinski definition) is 4. The fraction of sp³-hybridized carbons (Fsp3) is 0.167. The van der Waals surface area contributed by atoms with Crippen LogP contribution in [0.4, 0.5) is 5.69 Å². The zero-order valence-corrected chi connectivity index (χ0v) is 10.8. The lowest BCUT2D eigenvalue weighted by Crippen LogP contribution is -2.20. The van der Waals surface area contributed by atoms with E-state index in [-0.39, 0.29) is 22.8 Å². The van der Waals surface area contributed by atoms with Crippen LogP contribution >= 0.6 is 11.6 Å². The Morgan fingerprint density at radius 1 is 1.42 bits per heavy atom. The number of rotatable bonds is 3. The van der Waals surface area contributed by atoms with Crippen LogP contribution < -0.4 is 5.56 Å². The van der Waals surface area contributed by atoms with Crippen molar-refractivity contribution in [2.45, 2.75) is 13.5 Å². The largest absolute Gasteiger partial charge is 0.295 e. The molecule has 98 valence electrons. The van der Waals surface area contributed by atoms with Crippen molar-refractivity contribution < 1.29 is 4.92 Å². The van der Waals surface area contributed by atoms with E-state index in [1.807, 2.05) is 0 Å². The molecular weight excluding hydrogens is 270 g/mol. The predicted molar refractivity (Wildman–Crippen MR) is 70.4 cm³/mol. The number of aromatic nitrogens is 2. The molecule has 0 fully saturated rings. The average Bonchev–Trinajstić information content (AvgIpc) is 2.34. The number of nitro benzene ring substituents is 1. The van der Waals surface area contributed by atoms with Gasteiger partial charge in [-0.25, -0.2) is 4.98 Å². The van der Waals surface area contributed by atoms with Gasteiger partial charge in [0.05, 0.1) is 17.8 Å². The fourth-order valence-corrected chi connectivity index (χ4v) is 1.82. The molecule has 19 heavy (non-hydrogen) atoms. The minimum absolute atomic E-state index is 0.0723. The lowest BCUT2D eigenvalue weighted by Gasteiger charge is -2.06. The summed E-state index contributed by atoms with van der Waals surface area (Å²) in [6, 6.07) is 5.85. The molecule has 0 amide bonds. The topological polar surface area (TPSA) is 78.0 Å². The smallest absolute Gasteiger partial charge is 0.288 e. The summed E-state index contributed by atoms with van der Waals surface area (Å²) in [6.45, 7) is 1.93. The fourth-order valence-electron chi connectivity index (χ4n) is 1.63. The number of hydrogen-bond donors (Lipinski definition) is 0. The van der Waals surface area contributed by atoms with Gasteiger partial charge in [-0.15, -0.1) is 0 Å². The molecule has 0 aliphatic heterocycles. The first-order valence-corrected chi connectivity index (χ1v) is 5.81. The van der Waals surface area contributed by atoms with Gasteiger partial charge in [-0.1, -0.05) is 17.7 Å². The maximum absolute atomic E-state index is 11.7. The van der Waals surface area contributed by atoms with E-state index < -0.39 is 4.92 Å². The normalized spacial score (nSPS) is 10.4. The molecule has 6 nitrogen and oxygen atoms in total. The second kappa shape index (κ2) is 5.19. The van der Waals surface area contributed by atoms with Crippen LogP contribution in [0.15, 0.2) is 35.4 Å². The minimum Gasteiger partial charge on any atom is -0.295 e. The Balaban J connectivity index is 2.36. The van der Waals surface area contributed by atoms with Crippen molar-refractivity contribution >= 4 is 17.3 Å². The number of nitro groups is 1. The molecule has 0 aliphatic rings. The van der Waals surface area contributed by atoms with Crippen LogP contribution in [0.1, 0.15) is 11.3 Å². The number of nitrogens with zero attached hydrogens (tertiary/aromatic N) is 3. The summed E-state index contributed by atoms with van der Waals surface area (Å²) in [7, 11) is 0. The quantitative estimate of drug-likeness (QED) is 0.637. The van der Waals surface area contributed by atoms with E-state index in [0.717, 1.165) is 0 Å². The van der Waals surface area contributed by atoms with Crippen LogP contribution in [0.2, 0.25) is 5.02 Å². The van der Waals surface area contributed by atoms with Crippen molar-refractivity contribution in [1.29, 1.82) is 0 Å². The van der Waals surface area contributed by atoms with E-state index in [2.05, 4.69) is 4.98 Å². The van der Waals surface area contributed by atoms with Crippen LogP contribution in [0.5, 0.6) is 0 Å². The maximum atomic E-state index is 11.7. The van der Waals surface area contributed by atoms with Gasteiger partial charge in [-0.2, -0.15) is 0 Å². The second-order valence-electron chi connectivity index (χ2n) is 4.04. The highest BCUT2D eigenvalue weighted by molar-refractivity contribution is 6.32. The van der Waals surface area contributed by atoms with Crippen LogP contribution in [-0.2, 0) is 6.54 Å². The van der Waals surface area contributed by atoms with Gasteiger partial charge in [0.25, 0.3) is 11.2 Å². The van der Waals surface area contributed by atoms with E-state index in [1.54, 1.807) is 13.0 Å². The molecule has 0 aliphatic carbocycles. The van der Waals surface area contributed by atoms with Crippen LogP contribution in [0, 0.1) is 17.0 Å². The first-order valence-electron chi connectivity index (χ1n) is 5.43. The lowest BCUT2D eigenvalue weighted by molar-refractivity contribution is -0.384. The Hall–Kier alpha value is -2.21. The van der Waals surface area contributed by atoms with Crippen molar-refractivity contribution in [3.63, 3.8) is 0 Å². The van der Waals surface area contributed by atoms with Gasteiger partial charge < -0.3 is 0 Å². The van der Waals surface area contributed by atoms with E-state index in [4.69, 9.17) is 11.6 Å². The molecule has 0 radical (unpaired) electrons. The van der Waals surface area contributed by atoms with Gasteiger partial charge in [0.1, 0.15) is 5.02 Å². The second-order valence-corrected chi connectivity index (χ2v) is 4.45. The molecule has 0 N–H and O–H groups in total. The third-order valence-electron chi connectivity index (χ3n) is 2.58. The van der Waals surface area contributed by atoms with Crippen LogP contribution in [-0.4, -0.2) is 14.5 Å². The molecule has 0 saturated carbocycles. The van der Waals surface area contributed by atoms with Crippen molar-refractivity contribution in [2.24, 2.45) is 0 Å². The molecule has 0 spiro atoms. The Labute approximate surface area is 113 Å². The van der Waals surface area contributed by atoms with E-state index >= 15 is 0 Å². The zero-order valence-electron chi connectivity index (χ0n) is 10.0. The molecule has 0 unspecified atom stereocenters. The summed E-state index contributed by atoms with van der Waals surface area (Å²) in [6.07, 6.45) is 1.41. The Kier molecular flexibility index (Phi) is 3.62. The van der Waals surface area contributed by atoms with Crippen LogP contribution in [0.25, 0.3) is 0 Å². The van der Waals surface area contributed by atoms with E-state index in [1.165, 1.54) is 29.1 Å². The first-order chi connectivity index (χ1) is 8.97. The molecule has 7 heteroatoms. The van der Waals surface area contributed by atoms with E-state index in [9.17, 15) is 14.9 Å². The SMILES string of the molecule is Cc1cc(=O)n(Cc2ccc(Cl)c([N+](=O)[O-])c2)cn1. The number of aryl methyl sites for hydroxylation is 1. The molecule has 1 aromatic heterocycles. The average molecular weight is 280 g/mol. The molecular formula is C12H10ClN3O3. The highest BCUT2D eigenvalue weighted by Gasteiger charge is 2.13. The highest BCUT2D eigenvalue weighted by atomic mass is 35.5. The maximum Gasteiger partial charge on any atom is 0.288 e. The summed E-state index contributed by atoms with van der Waals surface area (Å²) in [5, 5.41) is 10.9. The summed E-state index contributed by atoms with van der Waals surface area (Å²) in [5.74, 6) is 0. The Morgan fingerprint density at radius 2 is 2.16 bits per heavy atom. The first kappa shape index (κ1) is 13.2. The molecule has 1 aromatic carbocycles. The van der Waals surface area contributed by atoms with Crippen LogP contribution in [0.3, 0.4) is 0 Å². The van der Waals surface area contributed by atoms with Gasteiger partial charge in [0.15, 0.2) is 0 Å². The zero-order chi connectivity index (χ0) is 14.0. The standard InChI is InChI=1S/C12H10ClN3O3/c1-8-4-12(17)15(7-14-8)6-9-2-3-10(13)11(5-9)16(18)19/h2-5,7H,6H2,1H3. The molecule has 0 bridgehead atoms. The van der Waals surface area contributed by atoms with Gasteiger partial charge in [-0.3, -0.25) is 19.5 Å². The van der Waals surface area contributed by atoms with Crippen molar-refractivity contribution in [3.8, 4) is 0 Å². The Bertz CT molecular complexity index is 697. The van der Waals surface area contributed by atoms with Gasteiger partial charge in [0, 0.05) is 17.8 Å². The van der Waals surface area contributed by atoms with Crippen molar-refractivity contribution in [2.75, 3.05) is 0 Å². The monoisotopic (exact) mass is 279 g/mol. The predicted octanol–water partition coefficient (Wildman–Crippen LogP) is 2.16. The lowest BCUT2D eigenvalue weighted by atomic mass is 10.2. The Morgan fingerprint density at radius 3 is 2.79 bits per heavy atom. The minimum atomic E-state index is -0.554. The van der Waals surface area contributed by atoms with Gasteiger partial charge in [0.2, 0.25) is 0 Å². The van der Waals surface area contributed by atoms with Crippen molar-refractivity contribution in [1.82, 2.24) is 9.55 Å². The molecule has 0 atom stereocenters. The number of benzene rings is 1. The molecule has 0 saturated heterocycles. The molecule has 2 rings (SSSR count). The van der Waals surface area contributed by atoms with Gasteiger partial charge in [-0.05, 0) is 18.6 Å². The third-order valence-corrected chi connectivity index (χ3v) is 2.90. The number of halogens is 1. The molecule has 1 heterocycles. The summed E-state index contributed by atoms with van der Waals surface area (Å²) < 4.78 is 1.37. The third kappa shape index (κ3) is 2.97. The van der Waals surface area contributed by atoms with E-state index in [0.29, 0.717) is 11.3 Å². The van der Waals surface area contributed by atoms with Crippen molar-refractivity contribution in [3.05, 3.63) is 67.3 Å².